The standard InChI is InChI=1S/C15H15FN2O3/c1-9-6-14(21-18-9)15(19)17-12-7-11(16)4-5-13(12)20-8-10-2-3-10/h4-7,10H,2-3,8H2,1H3,(H,17,19). The molecule has 1 saturated carbocycles. The van der Waals surface area contributed by atoms with Crippen LogP contribution in [0.15, 0.2) is 28.8 Å². The molecule has 0 bridgehead atoms. The van der Waals surface area contributed by atoms with Crippen LogP contribution in [0.5, 0.6) is 5.75 Å². The minimum Gasteiger partial charge on any atom is -0.491 e. The fourth-order valence-corrected chi connectivity index (χ4v) is 1.87. The van der Waals surface area contributed by atoms with Gasteiger partial charge in [-0.2, -0.15) is 0 Å². The van der Waals surface area contributed by atoms with E-state index in [4.69, 9.17) is 9.26 Å². The Morgan fingerprint density at radius 1 is 1.48 bits per heavy atom. The van der Waals surface area contributed by atoms with Crippen LogP contribution in [-0.2, 0) is 0 Å². The lowest BCUT2D eigenvalue weighted by Crippen LogP contribution is -2.13. The lowest BCUT2D eigenvalue weighted by atomic mass is 10.2. The molecule has 21 heavy (non-hydrogen) atoms. The number of aromatic nitrogens is 1. The summed E-state index contributed by atoms with van der Waals surface area (Å²) < 4.78 is 23.9. The molecule has 0 radical (unpaired) electrons. The number of ether oxygens (including phenoxy) is 1. The topological polar surface area (TPSA) is 64.4 Å². The maximum Gasteiger partial charge on any atom is 0.294 e. The van der Waals surface area contributed by atoms with Crippen molar-refractivity contribution in [2.24, 2.45) is 5.92 Å². The van der Waals surface area contributed by atoms with Gasteiger partial charge in [0.1, 0.15) is 11.6 Å². The van der Waals surface area contributed by atoms with E-state index >= 15 is 0 Å². The van der Waals surface area contributed by atoms with E-state index in [1.54, 1.807) is 6.92 Å². The third-order valence-electron chi connectivity index (χ3n) is 3.21. The first-order valence-corrected chi connectivity index (χ1v) is 6.79. The highest BCUT2D eigenvalue weighted by molar-refractivity contribution is 6.03. The van der Waals surface area contributed by atoms with Gasteiger partial charge in [0.05, 0.1) is 18.0 Å². The van der Waals surface area contributed by atoms with Gasteiger partial charge in [0.25, 0.3) is 5.91 Å². The van der Waals surface area contributed by atoms with Gasteiger partial charge in [0.2, 0.25) is 5.76 Å². The van der Waals surface area contributed by atoms with Crippen molar-refractivity contribution < 1.29 is 18.4 Å². The predicted octanol–water partition coefficient (Wildman–Crippen LogP) is 3.16. The van der Waals surface area contributed by atoms with Crippen LogP contribution in [0.25, 0.3) is 0 Å². The molecule has 1 aliphatic rings. The Hall–Kier alpha value is -2.37. The van der Waals surface area contributed by atoms with E-state index in [0.29, 0.717) is 24.0 Å². The van der Waals surface area contributed by atoms with Crippen molar-refractivity contribution in [2.45, 2.75) is 19.8 Å². The molecule has 3 rings (SSSR count). The summed E-state index contributed by atoms with van der Waals surface area (Å²) in [6.07, 6.45) is 2.31. The molecule has 0 unspecified atom stereocenters. The first-order chi connectivity index (χ1) is 10.1. The SMILES string of the molecule is Cc1cc(C(=O)Nc2cc(F)ccc2OCC2CC2)on1. The molecule has 1 amide bonds. The average Bonchev–Trinajstić information content (AvgIpc) is 3.18. The minimum absolute atomic E-state index is 0.0740. The van der Waals surface area contributed by atoms with E-state index in [-0.39, 0.29) is 11.4 Å². The van der Waals surface area contributed by atoms with Crippen molar-refractivity contribution in [3.05, 3.63) is 41.5 Å². The molecule has 1 fully saturated rings. The molecule has 0 saturated heterocycles. The Morgan fingerprint density at radius 3 is 2.95 bits per heavy atom. The van der Waals surface area contributed by atoms with Crippen molar-refractivity contribution >= 4 is 11.6 Å². The normalized spacial score (nSPS) is 14.0. The summed E-state index contributed by atoms with van der Waals surface area (Å²) in [5.41, 5.74) is 0.888. The number of carbonyl (C=O) groups is 1. The van der Waals surface area contributed by atoms with Crippen molar-refractivity contribution in [2.75, 3.05) is 11.9 Å². The van der Waals surface area contributed by atoms with Gasteiger partial charge in [-0.3, -0.25) is 4.79 Å². The van der Waals surface area contributed by atoms with Gasteiger partial charge in [-0.05, 0) is 37.8 Å². The van der Waals surface area contributed by atoms with E-state index in [9.17, 15) is 9.18 Å². The van der Waals surface area contributed by atoms with E-state index in [1.165, 1.54) is 24.3 Å². The van der Waals surface area contributed by atoms with E-state index in [1.807, 2.05) is 0 Å². The second kappa shape index (κ2) is 5.55. The molecular formula is C15H15FN2O3. The summed E-state index contributed by atoms with van der Waals surface area (Å²) >= 11 is 0. The number of carbonyl (C=O) groups excluding carboxylic acids is 1. The molecule has 0 aliphatic heterocycles. The van der Waals surface area contributed by atoms with Crippen LogP contribution in [0.1, 0.15) is 29.1 Å². The minimum atomic E-state index is -0.488. The van der Waals surface area contributed by atoms with Crippen LogP contribution >= 0.6 is 0 Å². The second-order valence-corrected chi connectivity index (χ2v) is 5.18. The molecule has 1 N–H and O–H groups in total. The van der Waals surface area contributed by atoms with Crippen LogP contribution in [0.4, 0.5) is 10.1 Å². The lowest BCUT2D eigenvalue weighted by molar-refractivity contribution is 0.0987. The van der Waals surface area contributed by atoms with Gasteiger partial charge in [-0.15, -0.1) is 0 Å². The highest BCUT2D eigenvalue weighted by Crippen LogP contribution is 2.32. The molecular weight excluding hydrogens is 275 g/mol. The first-order valence-electron chi connectivity index (χ1n) is 6.79. The van der Waals surface area contributed by atoms with Crippen LogP contribution in [0, 0.1) is 18.7 Å². The zero-order chi connectivity index (χ0) is 14.8. The third-order valence-corrected chi connectivity index (χ3v) is 3.21. The molecule has 2 aromatic rings. The first kappa shape index (κ1) is 13.6. The van der Waals surface area contributed by atoms with Gasteiger partial charge in [0, 0.05) is 12.1 Å². The van der Waals surface area contributed by atoms with E-state index in [2.05, 4.69) is 10.5 Å². The van der Waals surface area contributed by atoms with Gasteiger partial charge in [-0.1, -0.05) is 5.16 Å². The number of nitrogens with one attached hydrogen (secondary N) is 1. The van der Waals surface area contributed by atoms with Crippen molar-refractivity contribution in [1.82, 2.24) is 5.16 Å². The fourth-order valence-electron chi connectivity index (χ4n) is 1.87. The predicted molar refractivity (Wildman–Crippen MR) is 73.8 cm³/mol. The Kier molecular flexibility index (Phi) is 3.60. The molecule has 1 aromatic carbocycles. The van der Waals surface area contributed by atoms with Gasteiger partial charge in [0.15, 0.2) is 0 Å². The van der Waals surface area contributed by atoms with E-state index < -0.39 is 11.7 Å². The monoisotopic (exact) mass is 290 g/mol. The summed E-state index contributed by atoms with van der Waals surface area (Å²) in [6.45, 7) is 2.29. The van der Waals surface area contributed by atoms with E-state index in [0.717, 1.165) is 12.8 Å². The van der Waals surface area contributed by atoms with Crippen molar-refractivity contribution in [3.8, 4) is 5.75 Å². The maximum atomic E-state index is 13.4. The summed E-state index contributed by atoms with van der Waals surface area (Å²) in [6, 6.07) is 5.55. The van der Waals surface area contributed by atoms with Crippen molar-refractivity contribution in [1.29, 1.82) is 0 Å². The third kappa shape index (κ3) is 3.39. The Morgan fingerprint density at radius 2 is 2.29 bits per heavy atom. The number of halogens is 1. The largest absolute Gasteiger partial charge is 0.491 e. The average molecular weight is 290 g/mol. The number of aryl methyl sites for hydroxylation is 1. The zero-order valence-electron chi connectivity index (χ0n) is 11.6. The molecule has 0 spiro atoms. The summed E-state index contributed by atoms with van der Waals surface area (Å²) in [7, 11) is 0. The Bertz CT molecular complexity index is 665. The number of hydrogen-bond acceptors (Lipinski definition) is 4. The molecule has 0 atom stereocenters. The zero-order valence-corrected chi connectivity index (χ0v) is 11.6. The highest BCUT2D eigenvalue weighted by atomic mass is 19.1. The highest BCUT2D eigenvalue weighted by Gasteiger charge is 2.23. The van der Waals surface area contributed by atoms with Crippen LogP contribution < -0.4 is 10.1 Å². The Balaban J connectivity index is 1.75. The number of benzene rings is 1. The van der Waals surface area contributed by atoms with Gasteiger partial charge in [-0.25, -0.2) is 4.39 Å². The number of anilines is 1. The molecule has 1 aromatic heterocycles. The second-order valence-electron chi connectivity index (χ2n) is 5.18. The molecule has 110 valence electrons. The molecule has 1 aliphatic carbocycles. The van der Waals surface area contributed by atoms with Crippen molar-refractivity contribution in [3.63, 3.8) is 0 Å². The quantitative estimate of drug-likeness (QED) is 0.918. The number of amides is 1. The Labute approximate surface area is 121 Å². The maximum absolute atomic E-state index is 13.4. The summed E-state index contributed by atoms with van der Waals surface area (Å²) in [4.78, 5) is 12.0. The fraction of sp³-hybridized carbons (Fsp3) is 0.333. The number of hydrogen-bond donors (Lipinski definition) is 1. The number of rotatable bonds is 5. The molecule has 1 heterocycles. The summed E-state index contributed by atoms with van der Waals surface area (Å²) in [5.74, 6) is 0.156. The molecule has 6 heteroatoms. The van der Waals surface area contributed by atoms with Crippen LogP contribution in [-0.4, -0.2) is 17.7 Å². The summed E-state index contributed by atoms with van der Waals surface area (Å²) in [5, 5.41) is 6.23. The van der Waals surface area contributed by atoms with Crippen LogP contribution in [0.3, 0.4) is 0 Å². The van der Waals surface area contributed by atoms with Crippen LogP contribution in [0.2, 0.25) is 0 Å². The number of nitrogens with zero attached hydrogens (tertiary/aromatic N) is 1. The van der Waals surface area contributed by atoms with Gasteiger partial charge >= 0.3 is 0 Å². The molecule has 5 nitrogen and oxygen atoms in total. The lowest BCUT2D eigenvalue weighted by Gasteiger charge is -2.11. The smallest absolute Gasteiger partial charge is 0.294 e. The van der Waals surface area contributed by atoms with Gasteiger partial charge < -0.3 is 14.6 Å².